The van der Waals surface area contributed by atoms with Crippen LogP contribution in [0.15, 0.2) is 34.6 Å². The fourth-order valence-corrected chi connectivity index (χ4v) is 3.04. The van der Waals surface area contributed by atoms with Gasteiger partial charge in [-0.3, -0.25) is 4.79 Å². The standard InChI is InChI=1S/C15H18N4OS/c1-2-6-16-9-11-4-3-7-19(11)10-13-17-12-5-8-21-14(12)15(20)18-13/h3-5,7-8,16H,2,6,9-10H2,1H3,(H,17,18,20). The summed E-state index contributed by atoms with van der Waals surface area (Å²) in [6.45, 7) is 4.56. The summed E-state index contributed by atoms with van der Waals surface area (Å²) in [5, 5.41) is 5.28. The maximum absolute atomic E-state index is 12.0. The molecule has 0 saturated heterocycles. The van der Waals surface area contributed by atoms with Gasteiger partial charge >= 0.3 is 0 Å². The van der Waals surface area contributed by atoms with E-state index in [1.165, 1.54) is 17.0 Å². The van der Waals surface area contributed by atoms with Crippen LogP contribution >= 0.6 is 11.3 Å². The Hall–Kier alpha value is -1.92. The predicted molar refractivity (Wildman–Crippen MR) is 85.8 cm³/mol. The predicted octanol–water partition coefficient (Wildman–Crippen LogP) is 2.33. The molecule has 2 N–H and O–H groups in total. The highest BCUT2D eigenvalue weighted by Crippen LogP contribution is 2.14. The van der Waals surface area contributed by atoms with E-state index in [0.29, 0.717) is 17.1 Å². The third-order valence-electron chi connectivity index (χ3n) is 3.34. The highest BCUT2D eigenvalue weighted by Gasteiger charge is 2.07. The molecule has 0 fully saturated rings. The molecule has 110 valence electrons. The fourth-order valence-electron chi connectivity index (χ4n) is 2.32. The van der Waals surface area contributed by atoms with Crippen LogP contribution in [0.25, 0.3) is 10.2 Å². The smallest absolute Gasteiger partial charge is 0.268 e. The van der Waals surface area contributed by atoms with Crippen molar-refractivity contribution in [1.29, 1.82) is 0 Å². The molecule has 0 aliphatic heterocycles. The van der Waals surface area contributed by atoms with Crippen molar-refractivity contribution in [2.24, 2.45) is 0 Å². The molecule has 0 radical (unpaired) electrons. The minimum absolute atomic E-state index is 0.0529. The molecule has 0 spiro atoms. The number of rotatable bonds is 6. The Morgan fingerprint density at radius 2 is 2.33 bits per heavy atom. The Labute approximate surface area is 126 Å². The average Bonchev–Trinajstić information content (AvgIpc) is 3.09. The number of aromatic nitrogens is 3. The quantitative estimate of drug-likeness (QED) is 0.687. The normalized spacial score (nSPS) is 11.3. The molecule has 0 amide bonds. The first-order valence-electron chi connectivity index (χ1n) is 7.09. The summed E-state index contributed by atoms with van der Waals surface area (Å²) < 4.78 is 2.80. The van der Waals surface area contributed by atoms with Crippen molar-refractivity contribution < 1.29 is 0 Å². The Bertz CT molecular complexity index is 786. The van der Waals surface area contributed by atoms with Gasteiger partial charge in [-0.15, -0.1) is 11.3 Å². The largest absolute Gasteiger partial charge is 0.343 e. The molecular weight excluding hydrogens is 284 g/mol. The Morgan fingerprint density at radius 3 is 3.19 bits per heavy atom. The third-order valence-corrected chi connectivity index (χ3v) is 4.24. The van der Waals surface area contributed by atoms with Gasteiger partial charge in [0.2, 0.25) is 0 Å². The van der Waals surface area contributed by atoms with Crippen LogP contribution in [-0.2, 0) is 13.1 Å². The van der Waals surface area contributed by atoms with Crippen molar-refractivity contribution >= 4 is 21.6 Å². The van der Waals surface area contributed by atoms with Crippen molar-refractivity contribution in [2.75, 3.05) is 6.54 Å². The van der Waals surface area contributed by atoms with Crippen LogP contribution in [0.1, 0.15) is 24.9 Å². The second-order valence-electron chi connectivity index (χ2n) is 4.95. The first-order chi connectivity index (χ1) is 10.3. The molecule has 5 nitrogen and oxygen atoms in total. The van der Waals surface area contributed by atoms with Gasteiger partial charge in [-0.1, -0.05) is 6.92 Å². The molecule has 3 aromatic rings. The van der Waals surface area contributed by atoms with Gasteiger partial charge in [0.05, 0.1) is 12.1 Å². The summed E-state index contributed by atoms with van der Waals surface area (Å²) in [7, 11) is 0. The van der Waals surface area contributed by atoms with Crippen molar-refractivity contribution in [3.63, 3.8) is 0 Å². The lowest BCUT2D eigenvalue weighted by Crippen LogP contribution is -2.18. The third kappa shape index (κ3) is 3.06. The first kappa shape index (κ1) is 14.0. The van der Waals surface area contributed by atoms with E-state index in [-0.39, 0.29) is 5.56 Å². The highest BCUT2D eigenvalue weighted by molar-refractivity contribution is 7.17. The molecule has 6 heteroatoms. The van der Waals surface area contributed by atoms with E-state index in [4.69, 9.17) is 0 Å². The first-order valence-corrected chi connectivity index (χ1v) is 7.97. The topological polar surface area (TPSA) is 62.7 Å². The number of hydrogen-bond acceptors (Lipinski definition) is 4. The van der Waals surface area contributed by atoms with E-state index < -0.39 is 0 Å². The summed E-state index contributed by atoms with van der Waals surface area (Å²) in [5.74, 6) is 0.693. The minimum Gasteiger partial charge on any atom is -0.343 e. The van der Waals surface area contributed by atoms with Gasteiger partial charge in [0.15, 0.2) is 0 Å². The number of fused-ring (bicyclic) bond motifs is 1. The van der Waals surface area contributed by atoms with Gasteiger partial charge in [0.1, 0.15) is 10.5 Å². The van der Waals surface area contributed by atoms with E-state index in [1.807, 2.05) is 23.7 Å². The van der Waals surface area contributed by atoms with Crippen LogP contribution in [-0.4, -0.2) is 21.1 Å². The molecule has 0 unspecified atom stereocenters. The van der Waals surface area contributed by atoms with Crippen LogP contribution in [0, 0.1) is 0 Å². The zero-order valence-corrected chi connectivity index (χ0v) is 12.7. The van der Waals surface area contributed by atoms with Crippen LogP contribution in [0.2, 0.25) is 0 Å². The van der Waals surface area contributed by atoms with E-state index in [1.54, 1.807) is 0 Å². The van der Waals surface area contributed by atoms with E-state index in [2.05, 4.69) is 32.8 Å². The van der Waals surface area contributed by atoms with Crippen molar-refractivity contribution in [2.45, 2.75) is 26.4 Å². The van der Waals surface area contributed by atoms with Gasteiger partial charge in [0, 0.05) is 18.4 Å². The number of aromatic amines is 1. The average molecular weight is 302 g/mol. The molecule has 21 heavy (non-hydrogen) atoms. The summed E-state index contributed by atoms with van der Waals surface area (Å²) in [6.07, 6.45) is 3.13. The van der Waals surface area contributed by atoms with E-state index in [9.17, 15) is 4.79 Å². The number of hydrogen-bond donors (Lipinski definition) is 2. The van der Waals surface area contributed by atoms with Gasteiger partial charge in [-0.25, -0.2) is 4.98 Å². The zero-order valence-electron chi connectivity index (χ0n) is 11.9. The lowest BCUT2D eigenvalue weighted by Gasteiger charge is -2.09. The Morgan fingerprint density at radius 1 is 1.43 bits per heavy atom. The number of H-pyrrole nitrogens is 1. The molecule has 0 aliphatic carbocycles. The lowest BCUT2D eigenvalue weighted by molar-refractivity contribution is 0.622. The number of nitrogens with one attached hydrogen (secondary N) is 2. The van der Waals surface area contributed by atoms with Crippen LogP contribution < -0.4 is 10.9 Å². The maximum Gasteiger partial charge on any atom is 0.268 e. The molecule has 3 rings (SSSR count). The number of nitrogens with zero attached hydrogens (tertiary/aromatic N) is 2. The second kappa shape index (κ2) is 6.24. The van der Waals surface area contributed by atoms with Crippen LogP contribution in [0.5, 0.6) is 0 Å². The molecule has 0 aromatic carbocycles. The fraction of sp³-hybridized carbons (Fsp3) is 0.333. The summed E-state index contributed by atoms with van der Waals surface area (Å²) in [6, 6.07) is 5.99. The Balaban J connectivity index is 1.82. The summed E-state index contributed by atoms with van der Waals surface area (Å²) in [4.78, 5) is 19.4. The summed E-state index contributed by atoms with van der Waals surface area (Å²) >= 11 is 1.42. The van der Waals surface area contributed by atoms with Crippen LogP contribution in [0.4, 0.5) is 0 Å². The van der Waals surface area contributed by atoms with Gasteiger partial charge in [-0.05, 0) is 36.5 Å². The highest BCUT2D eigenvalue weighted by atomic mass is 32.1. The second-order valence-corrected chi connectivity index (χ2v) is 5.87. The Kier molecular flexibility index (Phi) is 4.17. The molecule has 0 saturated carbocycles. The molecule has 0 aliphatic rings. The van der Waals surface area contributed by atoms with Gasteiger partial charge < -0.3 is 14.9 Å². The molecular formula is C15H18N4OS. The zero-order chi connectivity index (χ0) is 14.7. The van der Waals surface area contributed by atoms with Gasteiger partial charge in [0.25, 0.3) is 5.56 Å². The van der Waals surface area contributed by atoms with E-state index >= 15 is 0 Å². The minimum atomic E-state index is -0.0529. The maximum atomic E-state index is 12.0. The van der Waals surface area contributed by atoms with Crippen molar-refractivity contribution in [3.05, 3.63) is 51.6 Å². The van der Waals surface area contributed by atoms with Gasteiger partial charge in [-0.2, -0.15) is 0 Å². The molecule has 3 aromatic heterocycles. The molecule has 0 bridgehead atoms. The monoisotopic (exact) mass is 302 g/mol. The number of thiophene rings is 1. The lowest BCUT2D eigenvalue weighted by atomic mass is 10.4. The molecule has 3 heterocycles. The van der Waals surface area contributed by atoms with Crippen LogP contribution in [0.3, 0.4) is 0 Å². The van der Waals surface area contributed by atoms with Crippen molar-refractivity contribution in [1.82, 2.24) is 19.9 Å². The van der Waals surface area contributed by atoms with Crippen molar-refractivity contribution in [3.8, 4) is 0 Å². The van der Waals surface area contributed by atoms with E-state index in [0.717, 1.165) is 25.0 Å². The molecule has 0 atom stereocenters. The summed E-state index contributed by atoms with van der Waals surface area (Å²) in [5.41, 5.74) is 1.91. The SMILES string of the molecule is CCCNCc1cccn1Cc1nc2ccsc2c(=O)[nH]1.